The van der Waals surface area contributed by atoms with Crippen LogP contribution in [0.15, 0.2) is 12.0 Å². The van der Waals surface area contributed by atoms with Crippen LogP contribution in [0.25, 0.3) is 0 Å². The van der Waals surface area contributed by atoms with Crippen molar-refractivity contribution in [3.63, 3.8) is 0 Å². The van der Waals surface area contributed by atoms with Crippen LogP contribution in [0.1, 0.15) is 0 Å². The summed E-state index contributed by atoms with van der Waals surface area (Å²) in [6, 6.07) is 0. The van der Waals surface area contributed by atoms with E-state index in [1.807, 2.05) is 0 Å². The zero-order valence-electron chi connectivity index (χ0n) is 4.04. The maximum absolute atomic E-state index is 7.62. The molecule has 0 bridgehead atoms. The predicted octanol–water partition coefficient (Wildman–Crippen LogP) is 0.0307. The molecule has 0 heterocycles. The van der Waals surface area contributed by atoms with Gasteiger partial charge in [0.2, 0.25) is 0 Å². The number of thiol groups is 1. The van der Waals surface area contributed by atoms with Gasteiger partial charge in [0.25, 0.3) is 0 Å². The van der Waals surface area contributed by atoms with Crippen LogP contribution in [0.5, 0.6) is 0 Å². The number of hydrogen-bond acceptors (Lipinski definition) is 3. The Hall–Kier alpha value is 0.01000. The first-order valence-electron chi connectivity index (χ1n) is 1.80. The molecule has 0 atom stereocenters. The number of aliphatic hydroxyl groups is 2. The Morgan fingerprint density at radius 1 is 1.43 bits per heavy atom. The third kappa shape index (κ3) is 94.7. The highest BCUT2D eigenvalue weighted by molar-refractivity contribution is 7.83. The minimum absolute atomic E-state index is 0.125. The summed E-state index contributed by atoms with van der Waals surface area (Å²) >= 11 is 3.55. The van der Waals surface area contributed by atoms with Gasteiger partial charge in [-0.1, -0.05) is 6.58 Å². The molecule has 0 radical (unpaired) electrons. The number of aliphatic hydroxyl groups excluding tert-OH is 2. The summed E-state index contributed by atoms with van der Waals surface area (Å²) in [4.78, 5) is 0. The second kappa shape index (κ2) is 16.7. The summed E-state index contributed by atoms with van der Waals surface area (Å²) in [5.41, 5.74) is 0. The lowest BCUT2D eigenvalue weighted by molar-refractivity contribution is 0.186. The average molecular weight is 122 g/mol. The Labute approximate surface area is 48.9 Å². The summed E-state index contributed by atoms with van der Waals surface area (Å²) in [5, 5.41) is 16.7. The summed E-state index contributed by atoms with van der Waals surface area (Å²) in [6.45, 7) is 2.98. The second-order valence-electron chi connectivity index (χ2n) is 0.630. The molecule has 0 amide bonds. The zero-order chi connectivity index (χ0) is 6.12. The van der Waals surface area contributed by atoms with Crippen molar-refractivity contribution in [2.75, 3.05) is 13.2 Å². The summed E-state index contributed by atoms with van der Waals surface area (Å²) in [5.74, 6) is 0. The lowest BCUT2D eigenvalue weighted by Crippen LogP contribution is -1.85. The van der Waals surface area contributed by atoms with Crippen molar-refractivity contribution in [2.24, 2.45) is 0 Å². The first-order valence-corrected chi connectivity index (χ1v) is 2.32. The van der Waals surface area contributed by atoms with Gasteiger partial charge < -0.3 is 10.2 Å². The van der Waals surface area contributed by atoms with Crippen molar-refractivity contribution < 1.29 is 10.2 Å². The molecule has 2 nitrogen and oxygen atoms in total. The minimum Gasteiger partial charge on any atom is -0.394 e. The average Bonchev–Trinajstić information content (AvgIpc) is 1.69. The van der Waals surface area contributed by atoms with Crippen molar-refractivity contribution in [1.29, 1.82) is 0 Å². The van der Waals surface area contributed by atoms with Gasteiger partial charge in [-0.2, -0.15) is 12.6 Å². The van der Waals surface area contributed by atoms with Gasteiger partial charge >= 0.3 is 0 Å². The van der Waals surface area contributed by atoms with Gasteiger partial charge in [-0.3, -0.25) is 0 Å². The molecule has 0 saturated carbocycles. The minimum atomic E-state index is -0.125. The molecule has 7 heavy (non-hydrogen) atoms. The molecule has 44 valence electrons. The largest absolute Gasteiger partial charge is 0.394 e. The molecule has 0 aliphatic rings. The molecule has 0 rings (SSSR count). The fraction of sp³-hybridized carbons (Fsp3) is 0.500. The molecule has 0 saturated heterocycles. The molecule has 0 aromatic carbocycles. The maximum Gasteiger partial charge on any atom is 0.0662 e. The summed E-state index contributed by atoms with van der Waals surface area (Å²) in [7, 11) is 0. The van der Waals surface area contributed by atoms with Crippen LogP contribution in [0.2, 0.25) is 0 Å². The van der Waals surface area contributed by atoms with E-state index in [1.165, 1.54) is 5.41 Å². The topological polar surface area (TPSA) is 40.5 Å². The second-order valence-corrected chi connectivity index (χ2v) is 0.995. The quantitative estimate of drug-likeness (QED) is 0.429. The van der Waals surface area contributed by atoms with E-state index in [9.17, 15) is 0 Å². The fourth-order valence-corrected chi connectivity index (χ4v) is 0. The van der Waals surface area contributed by atoms with E-state index in [1.54, 1.807) is 0 Å². The highest BCUT2D eigenvalue weighted by Gasteiger charge is 1.58. The molecule has 0 aromatic heterocycles. The van der Waals surface area contributed by atoms with E-state index in [0.717, 1.165) is 0 Å². The highest BCUT2D eigenvalue weighted by atomic mass is 32.1. The Bertz CT molecular complexity index is 28.9. The molecular weight excluding hydrogens is 112 g/mol. The van der Waals surface area contributed by atoms with Gasteiger partial charge in [-0.25, -0.2) is 0 Å². The van der Waals surface area contributed by atoms with E-state index in [0.29, 0.717) is 0 Å². The third-order valence-corrected chi connectivity index (χ3v) is 0.1000. The Morgan fingerprint density at radius 2 is 1.57 bits per heavy atom. The Morgan fingerprint density at radius 3 is 1.57 bits per heavy atom. The number of rotatable bonds is 1. The van der Waals surface area contributed by atoms with Gasteiger partial charge in [-0.05, 0) is 5.41 Å². The molecule has 3 heteroatoms. The van der Waals surface area contributed by atoms with Gasteiger partial charge in [0, 0.05) is 0 Å². The molecule has 0 fully saturated rings. The van der Waals surface area contributed by atoms with Crippen LogP contribution in [-0.2, 0) is 0 Å². The fourth-order valence-electron chi connectivity index (χ4n) is 0. The van der Waals surface area contributed by atoms with E-state index in [4.69, 9.17) is 10.2 Å². The summed E-state index contributed by atoms with van der Waals surface area (Å²) in [6.07, 6.45) is 0. The van der Waals surface area contributed by atoms with Gasteiger partial charge in [0.15, 0.2) is 0 Å². The smallest absolute Gasteiger partial charge is 0.0662 e. The van der Waals surface area contributed by atoms with Crippen LogP contribution in [0.3, 0.4) is 0 Å². The predicted molar refractivity (Wildman–Crippen MR) is 33.4 cm³/mol. The summed E-state index contributed by atoms with van der Waals surface area (Å²) < 4.78 is 0. The lowest BCUT2D eigenvalue weighted by atomic mass is 10.8. The normalized spacial score (nSPS) is 6.14. The molecule has 0 unspecified atom stereocenters. The molecule has 0 aromatic rings. The highest BCUT2D eigenvalue weighted by Crippen LogP contribution is 1.58. The first kappa shape index (κ1) is 10.1. The van der Waals surface area contributed by atoms with Gasteiger partial charge in [0.1, 0.15) is 0 Å². The molecular formula is C4H10O2S. The molecule has 0 aliphatic carbocycles. The molecule has 0 aliphatic heterocycles. The molecule has 2 N–H and O–H groups in total. The zero-order valence-corrected chi connectivity index (χ0v) is 4.93. The van der Waals surface area contributed by atoms with E-state index < -0.39 is 0 Å². The standard InChI is InChI=1S/C2H6O2.C2H4S/c3-1-2-4;1-2-3/h3-4H,1-2H2;2-3H,1H2. The van der Waals surface area contributed by atoms with Crippen molar-refractivity contribution in [3.8, 4) is 0 Å². The van der Waals surface area contributed by atoms with Crippen molar-refractivity contribution >= 4 is 12.6 Å². The Balaban J connectivity index is 0. The monoisotopic (exact) mass is 122 g/mol. The van der Waals surface area contributed by atoms with E-state index in [-0.39, 0.29) is 13.2 Å². The SMILES string of the molecule is C=CS.OCCO. The van der Waals surface area contributed by atoms with Gasteiger partial charge in [-0.15, -0.1) is 0 Å². The molecule has 0 spiro atoms. The van der Waals surface area contributed by atoms with E-state index >= 15 is 0 Å². The van der Waals surface area contributed by atoms with Crippen LogP contribution in [-0.4, -0.2) is 23.4 Å². The van der Waals surface area contributed by atoms with Crippen molar-refractivity contribution in [1.82, 2.24) is 0 Å². The first-order chi connectivity index (χ1) is 3.33. The third-order valence-electron chi connectivity index (χ3n) is 0.1000. The Kier molecular flexibility index (Phi) is 24.0. The number of hydrogen-bond donors (Lipinski definition) is 3. The lowest BCUT2D eigenvalue weighted by Gasteiger charge is -1.70. The van der Waals surface area contributed by atoms with Crippen LogP contribution in [0.4, 0.5) is 0 Å². The van der Waals surface area contributed by atoms with E-state index in [2.05, 4.69) is 19.2 Å². The van der Waals surface area contributed by atoms with Crippen molar-refractivity contribution in [2.45, 2.75) is 0 Å². The van der Waals surface area contributed by atoms with Crippen molar-refractivity contribution in [3.05, 3.63) is 12.0 Å². The van der Waals surface area contributed by atoms with Crippen LogP contribution >= 0.6 is 12.6 Å². The van der Waals surface area contributed by atoms with Gasteiger partial charge in [0.05, 0.1) is 13.2 Å². The van der Waals surface area contributed by atoms with Crippen LogP contribution in [0, 0.1) is 0 Å². The maximum atomic E-state index is 7.62. The van der Waals surface area contributed by atoms with Crippen LogP contribution < -0.4 is 0 Å².